The van der Waals surface area contributed by atoms with Crippen molar-refractivity contribution in [3.05, 3.63) is 40.0 Å². The molecule has 1 heterocycles. The summed E-state index contributed by atoms with van der Waals surface area (Å²) in [5.41, 5.74) is 8.30. The first-order valence-corrected chi connectivity index (χ1v) is 5.74. The number of H-pyrrole nitrogens is 1. The molecule has 0 saturated heterocycles. The van der Waals surface area contributed by atoms with Gasteiger partial charge in [0.05, 0.1) is 10.7 Å². The summed E-state index contributed by atoms with van der Waals surface area (Å²) in [5.74, 6) is 0.247. The predicted octanol–water partition coefficient (Wildman–Crippen LogP) is 2.51. The van der Waals surface area contributed by atoms with Crippen LogP contribution in [0.1, 0.15) is 21.6 Å². The monoisotopic (exact) mass is 264 g/mol. The molecule has 5 nitrogen and oxygen atoms in total. The lowest BCUT2D eigenvalue weighted by molar-refractivity contribution is 0.102. The van der Waals surface area contributed by atoms with Crippen LogP contribution in [0.5, 0.6) is 0 Å². The van der Waals surface area contributed by atoms with Crippen LogP contribution in [0.4, 0.5) is 11.5 Å². The second kappa shape index (κ2) is 4.70. The molecule has 2 aromatic rings. The number of nitrogens with zero attached hydrogens (tertiary/aromatic N) is 1. The van der Waals surface area contributed by atoms with Crippen LogP contribution in [0, 0.1) is 13.8 Å². The number of nitrogens with one attached hydrogen (secondary N) is 2. The van der Waals surface area contributed by atoms with Crippen molar-refractivity contribution in [1.82, 2.24) is 10.2 Å². The van der Waals surface area contributed by atoms with E-state index in [2.05, 4.69) is 15.5 Å². The van der Waals surface area contributed by atoms with Crippen molar-refractivity contribution in [3.63, 3.8) is 0 Å². The van der Waals surface area contributed by atoms with Crippen molar-refractivity contribution in [1.29, 1.82) is 0 Å². The Hall–Kier alpha value is -2.01. The van der Waals surface area contributed by atoms with E-state index in [0.717, 1.165) is 11.3 Å². The highest BCUT2D eigenvalue weighted by Crippen LogP contribution is 2.21. The number of aryl methyl sites for hydroxylation is 1. The fraction of sp³-hybridized carbons (Fsp3) is 0.167. The van der Waals surface area contributed by atoms with E-state index in [-0.39, 0.29) is 5.91 Å². The van der Waals surface area contributed by atoms with Gasteiger partial charge in [-0.2, -0.15) is 5.10 Å². The Morgan fingerprint density at radius 1 is 1.44 bits per heavy atom. The molecule has 0 aliphatic heterocycles. The van der Waals surface area contributed by atoms with Gasteiger partial charge >= 0.3 is 0 Å². The van der Waals surface area contributed by atoms with E-state index in [4.69, 9.17) is 17.3 Å². The molecule has 18 heavy (non-hydrogen) atoms. The van der Waals surface area contributed by atoms with Crippen LogP contribution in [-0.4, -0.2) is 16.1 Å². The molecular weight excluding hydrogens is 252 g/mol. The molecule has 0 saturated carbocycles. The molecule has 0 unspecified atom stereocenters. The van der Waals surface area contributed by atoms with Crippen LogP contribution in [-0.2, 0) is 0 Å². The first-order valence-electron chi connectivity index (χ1n) is 5.37. The molecule has 0 aliphatic rings. The summed E-state index contributed by atoms with van der Waals surface area (Å²) in [6, 6.07) is 4.74. The number of aromatic nitrogens is 2. The largest absolute Gasteiger partial charge is 0.398 e. The van der Waals surface area contributed by atoms with Gasteiger partial charge in [-0.15, -0.1) is 0 Å². The Bertz CT molecular complexity index is 606. The van der Waals surface area contributed by atoms with Crippen LogP contribution in [0.3, 0.4) is 0 Å². The van der Waals surface area contributed by atoms with Gasteiger partial charge in [0.25, 0.3) is 5.91 Å². The van der Waals surface area contributed by atoms with Crippen LogP contribution in [0.15, 0.2) is 18.2 Å². The Labute approximate surface area is 109 Å². The van der Waals surface area contributed by atoms with Gasteiger partial charge in [0.15, 0.2) is 5.82 Å². The van der Waals surface area contributed by atoms with Gasteiger partial charge in [-0.3, -0.25) is 9.89 Å². The molecule has 6 heteroatoms. The van der Waals surface area contributed by atoms with Crippen molar-refractivity contribution in [2.45, 2.75) is 13.8 Å². The highest BCUT2D eigenvalue weighted by Gasteiger charge is 2.12. The number of carbonyl (C=O) groups is 1. The van der Waals surface area contributed by atoms with Gasteiger partial charge in [-0.05, 0) is 32.0 Å². The Balaban J connectivity index is 2.22. The minimum atomic E-state index is -0.272. The molecule has 2 rings (SSSR count). The maximum Gasteiger partial charge on any atom is 0.256 e. The number of carbonyl (C=O) groups excluding carboxylic acids is 1. The zero-order valence-electron chi connectivity index (χ0n) is 10.0. The van der Waals surface area contributed by atoms with Gasteiger partial charge in [0.2, 0.25) is 0 Å². The number of nitrogens with two attached hydrogens (primary N) is 1. The number of nitrogen functional groups attached to an aromatic ring is 1. The van der Waals surface area contributed by atoms with E-state index in [1.165, 1.54) is 6.07 Å². The summed E-state index contributed by atoms with van der Waals surface area (Å²) < 4.78 is 0. The lowest BCUT2D eigenvalue weighted by atomic mass is 10.2. The molecule has 4 N–H and O–H groups in total. The molecule has 0 atom stereocenters. The number of hydrogen-bond donors (Lipinski definition) is 3. The number of hydrogen-bond acceptors (Lipinski definition) is 3. The molecule has 0 fully saturated rings. The maximum atomic E-state index is 12.0. The summed E-state index contributed by atoms with van der Waals surface area (Å²) >= 11 is 5.87. The van der Waals surface area contributed by atoms with Crippen LogP contribution in [0.2, 0.25) is 5.02 Å². The third kappa shape index (κ3) is 2.31. The summed E-state index contributed by atoms with van der Waals surface area (Å²) in [6.07, 6.45) is 0. The summed E-state index contributed by atoms with van der Waals surface area (Å²) in [4.78, 5) is 12.0. The van der Waals surface area contributed by atoms with E-state index < -0.39 is 0 Å². The number of amides is 1. The minimum absolute atomic E-state index is 0.272. The fourth-order valence-electron chi connectivity index (χ4n) is 1.45. The Morgan fingerprint density at radius 3 is 2.72 bits per heavy atom. The molecule has 0 aliphatic carbocycles. The number of aromatic amines is 1. The molecule has 0 bridgehead atoms. The number of anilines is 2. The van der Waals surface area contributed by atoms with Crippen LogP contribution < -0.4 is 11.1 Å². The second-order valence-electron chi connectivity index (χ2n) is 4.01. The van der Waals surface area contributed by atoms with Crippen molar-refractivity contribution in [2.75, 3.05) is 11.1 Å². The average molecular weight is 265 g/mol. The van der Waals surface area contributed by atoms with E-state index in [0.29, 0.717) is 22.1 Å². The highest BCUT2D eigenvalue weighted by molar-refractivity contribution is 6.33. The van der Waals surface area contributed by atoms with Crippen molar-refractivity contribution in [3.8, 4) is 0 Å². The van der Waals surface area contributed by atoms with E-state index in [1.807, 2.05) is 13.8 Å². The van der Waals surface area contributed by atoms with Crippen LogP contribution in [0.25, 0.3) is 0 Å². The van der Waals surface area contributed by atoms with Gasteiger partial charge in [-0.1, -0.05) is 11.6 Å². The summed E-state index contributed by atoms with van der Waals surface area (Å²) in [5, 5.41) is 9.88. The normalized spacial score (nSPS) is 10.4. The van der Waals surface area contributed by atoms with E-state index in [9.17, 15) is 4.79 Å². The zero-order valence-corrected chi connectivity index (χ0v) is 10.8. The smallest absolute Gasteiger partial charge is 0.256 e. The first-order chi connectivity index (χ1) is 8.49. The average Bonchev–Trinajstić information content (AvgIpc) is 2.64. The third-order valence-electron chi connectivity index (χ3n) is 2.75. The topological polar surface area (TPSA) is 83.8 Å². The molecular formula is C12H13ClN4O. The lowest BCUT2D eigenvalue weighted by Crippen LogP contribution is -2.13. The SMILES string of the molecule is Cc1[nH]nc(NC(=O)c2ccc(N)c(Cl)c2)c1C. The Kier molecular flexibility index (Phi) is 3.25. The van der Waals surface area contributed by atoms with E-state index in [1.54, 1.807) is 12.1 Å². The molecule has 0 radical (unpaired) electrons. The number of halogens is 1. The molecule has 0 spiro atoms. The lowest BCUT2D eigenvalue weighted by Gasteiger charge is -2.05. The standard InChI is InChI=1S/C12H13ClN4O/c1-6-7(2)16-17-11(6)15-12(18)8-3-4-10(14)9(13)5-8/h3-5H,14H2,1-2H3,(H2,15,16,17,18). The Morgan fingerprint density at radius 2 is 2.17 bits per heavy atom. The summed E-state index contributed by atoms with van der Waals surface area (Å²) in [7, 11) is 0. The maximum absolute atomic E-state index is 12.0. The zero-order chi connectivity index (χ0) is 13.3. The first kappa shape index (κ1) is 12.4. The highest BCUT2D eigenvalue weighted by atomic mass is 35.5. The molecule has 94 valence electrons. The summed E-state index contributed by atoms with van der Waals surface area (Å²) in [6.45, 7) is 3.77. The minimum Gasteiger partial charge on any atom is -0.398 e. The molecule has 1 aromatic carbocycles. The van der Waals surface area contributed by atoms with Gasteiger partial charge < -0.3 is 11.1 Å². The predicted molar refractivity (Wildman–Crippen MR) is 71.9 cm³/mol. The quantitative estimate of drug-likeness (QED) is 0.729. The third-order valence-corrected chi connectivity index (χ3v) is 3.08. The number of benzene rings is 1. The van der Waals surface area contributed by atoms with Gasteiger partial charge in [-0.25, -0.2) is 0 Å². The fourth-order valence-corrected chi connectivity index (χ4v) is 1.64. The van der Waals surface area contributed by atoms with Crippen LogP contribution >= 0.6 is 11.6 Å². The van der Waals surface area contributed by atoms with Gasteiger partial charge in [0, 0.05) is 16.8 Å². The second-order valence-corrected chi connectivity index (χ2v) is 4.42. The molecule has 1 aromatic heterocycles. The van der Waals surface area contributed by atoms with Gasteiger partial charge in [0.1, 0.15) is 0 Å². The van der Waals surface area contributed by atoms with Crippen molar-refractivity contribution >= 4 is 29.0 Å². The molecule has 1 amide bonds. The van der Waals surface area contributed by atoms with Crippen molar-refractivity contribution < 1.29 is 4.79 Å². The van der Waals surface area contributed by atoms with E-state index >= 15 is 0 Å². The number of rotatable bonds is 2. The van der Waals surface area contributed by atoms with Crippen molar-refractivity contribution in [2.24, 2.45) is 0 Å².